The molecule has 0 heterocycles. The lowest BCUT2D eigenvalue weighted by Crippen LogP contribution is -2.04. The van der Waals surface area contributed by atoms with Gasteiger partial charge in [-0.3, -0.25) is 0 Å². The van der Waals surface area contributed by atoms with Gasteiger partial charge in [0, 0.05) is 10.3 Å². The first-order chi connectivity index (χ1) is 7.56. The van der Waals surface area contributed by atoms with Crippen molar-refractivity contribution in [1.82, 2.24) is 0 Å². The highest BCUT2D eigenvalue weighted by Gasteiger charge is 2.07. The number of hydrogen-bond acceptors (Lipinski definition) is 1. The summed E-state index contributed by atoms with van der Waals surface area (Å²) in [6.07, 6.45) is 4.44. The molecule has 0 saturated carbocycles. The molecule has 16 heavy (non-hydrogen) atoms. The maximum Gasteiger partial charge on any atom is 0.0414 e. The zero-order chi connectivity index (χ0) is 12.1. The van der Waals surface area contributed by atoms with Crippen LogP contribution in [-0.4, -0.2) is 11.5 Å². The van der Waals surface area contributed by atoms with E-state index >= 15 is 0 Å². The monoisotopic (exact) mass is 254 g/mol. The van der Waals surface area contributed by atoms with Crippen LogP contribution >= 0.6 is 23.4 Å². The highest BCUT2D eigenvalue weighted by Crippen LogP contribution is 2.24. The van der Waals surface area contributed by atoms with Crippen LogP contribution in [0.25, 0.3) is 5.57 Å². The average Bonchev–Trinajstić information content (AvgIpc) is 2.25. The van der Waals surface area contributed by atoms with E-state index in [-0.39, 0.29) is 0 Å². The Morgan fingerprint density at radius 1 is 1.44 bits per heavy atom. The molecule has 1 unspecified atom stereocenters. The van der Waals surface area contributed by atoms with Crippen LogP contribution in [0.1, 0.15) is 31.4 Å². The van der Waals surface area contributed by atoms with Crippen LogP contribution in [0.5, 0.6) is 0 Å². The third kappa shape index (κ3) is 3.88. The Hall–Kier alpha value is -0.400. The summed E-state index contributed by atoms with van der Waals surface area (Å²) in [5.74, 6) is 0. The predicted molar refractivity (Wildman–Crippen MR) is 77.5 cm³/mol. The second kappa shape index (κ2) is 6.36. The molecule has 1 aromatic carbocycles. The fourth-order valence-electron chi connectivity index (χ4n) is 1.67. The zero-order valence-electron chi connectivity index (χ0n) is 10.2. The molecule has 2 heteroatoms. The lowest BCUT2D eigenvalue weighted by atomic mass is 10.0. The predicted octanol–water partition coefficient (Wildman–Crippen LogP) is 5.06. The lowest BCUT2D eigenvalue weighted by Gasteiger charge is -2.13. The summed E-state index contributed by atoms with van der Waals surface area (Å²) in [5, 5.41) is 1.49. The van der Waals surface area contributed by atoms with Gasteiger partial charge in [-0.2, -0.15) is 11.8 Å². The van der Waals surface area contributed by atoms with Crippen molar-refractivity contribution in [2.24, 2.45) is 0 Å². The molecule has 0 bridgehead atoms. The minimum Gasteiger partial charge on any atom is -0.162 e. The van der Waals surface area contributed by atoms with Gasteiger partial charge in [-0.25, -0.2) is 0 Å². The Balaban J connectivity index is 2.91. The molecule has 88 valence electrons. The summed E-state index contributed by atoms with van der Waals surface area (Å²) in [6, 6.07) is 6.24. The van der Waals surface area contributed by atoms with E-state index in [1.54, 1.807) is 0 Å². The Morgan fingerprint density at radius 2 is 2.12 bits per heavy atom. The number of benzene rings is 1. The molecule has 0 radical (unpaired) electrons. The molecule has 0 amide bonds. The quantitative estimate of drug-likeness (QED) is 0.708. The average molecular weight is 255 g/mol. The van der Waals surface area contributed by atoms with Gasteiger partial charge < -0.3 is 0 Å². The smallest absolute Gasteiger partial charge is 0.0414 e. The maximum atomic E-state index is 6.12. The summed E-state index contributed by atoms with van der Waals surface area (Å²) >= 11 is 8.04. The van der Waals surface area contributed by atoms with Crippen molar-refractivity contribution < 1.29 is 0 Å². The van der Waals surface area contributed by atoms with Crippen LogP contribution < -0.4 is 0 Å². The molecule has 0 saturated heterocycles. The highest BCUT2D eigenvalue weighted by atomic mass is 35.5. The molecule has 0 fully saturated rings. The van der Waals surface area contributed by atoms with Crippen LogP contribution in [0, 0.1) is 0 Å². The fourth-order valence-corrected chi connectivity index (χ4v) is 2.62. The second-order valence-corrected chi connectivity index (χ2v) is 5.67. The van der Waals surface area contributed by atoms with Gasteiger partial charge in [-0.1, -0.05) is 36.7 Å². The number of halogens is 1. The van der Waals surface area contributed by atoms with Gasteiger partial charge in [0.25, 0.3) is 0 Å². The van der Waals surface area contributed by atoms with Gasteiger partial charge in [-0.15, -0.1) is 0 Å². The molecule has 0 spiro atoms. The molecular formula is C14H19ClS. The number of thioether (sulfide) groups is 1. The van der Waals surface area contributed by atoms with Crippen LogP contribution in [0.2, 0.25) is 5.02 Å². The molecule has 1 atom stereocenters. The first kappa shape index (κ1) is 13.7. The van der Waals surface area contributed by atoms with E-state index in [0.717, 1.165) is 22.6 Å². The first-order valence-electron chi connectivity index (χ1n) is 5.55. The Kier molecular flexibility index (Phi) is 5.43. The number of allylic oxidation sites excluding steroid dienone is 1. The molecule has 0 aliphatic heterocycles. The van der Waals surface area contributed by atoms with Crippen molar-refractivity contribution in [2.75, 3.05) is 6.26 Å². The van der Waals surface area contributed by atoms with E-state index in [9.17, 15) is 0 Å². The van der Waals surface area contributed by atoms with Gasteiger partial charge in [0.1, 0.15) is 0 Å². The molecule has 0 nitrogen and oxygen atoms in total. The lowest BCUT2D eigenvalue weighted by molar-refractivity contribution is 0.818. The minimum atomic E-state index is 0.677. The van der Waals surface area contributed by atoms with Crippen molar-refractivity contribution >= 4 is 28.9 Å². The van der Waals surface area contributed by atoms with E-state index in [2.05, 4.69) is 31.9 Å². The summed E-state index contributed by atoms with van der Waals surface area (Å²) < 4.78 is 0. The molecule has 1 rings (SSSR count). The van der Waals surface area contributed by atoms with Gasteiger partial charge >= 0.3 is 0 Å². The van der Waals surface area contributed by atoms with E-state index in [4.69, 9.17) is 11.6 Å². The second-order valence-electron chi connectivity index (χ2n) is 4.10. The molecule has 0 aliphatic rings. The third-order valence-electron chi connectivity index (χ3n) is 2.70. The van der Waals surface area contributed by atoms with Crippen molar-refractivity contribution in [3.63, 3.8) is 0 Å². The van der Waals surface area contributed by atoms with Crippen LogP contribution in [0.15, 0.2) is 24.8 Å². The minimum absolute atomic E-state index is 0.677. The SMILES string of the molecule is C=C(C)c1cc(Cl)cc(CC(CC)SC)c1. The Bertz CT molecular complexity index is 367. The van der Waals surface area contributed by atoms with Gasteiger partial charge in [0.2, 0.25) is 0 Å². The Labute approximate surface area is 108 Å². The normalized spacial score (nSPS) is 12.5. The van der Waals surface area contributed by atoms with Crippen molar-refractivity contribution in [3.05, 3.63) is 40.9 Å². The summed E-state index contributed by atoms with van der Waals surface area (Å²) in [4.78, 5) is 0. The van der Waals surface area contributed by atoms with Crippen LogP contribution in [-0.2, 0) is 6.42 Å². The van der Waals surface area contributed by atoms with E-state index in [0.29, 0.717) is 5.25 Å². The number of hydrogen-bond donors (Lipinski definition) is 0. The van der Waals surface area contributed by atoms with Crippen molar-refractivity contribution in [3.8, 4) is 0 Å². The molecule has 0 N–H and O–H groups in total. The summed E-state index contributed by atoms with van der Waals surface area (Å²) in [6.45, 7) is 8.21. The van der Waals surface area contributed by atoms with E-state index < -0.39 is 0 Å². The topological polar surface area (TPSA) is 0 Å². The first-order valence-corrected chi connectivity index (χ1v) is 7.21. The van der Waals surface area contributed by atoms with Crippen LogP contribution in [0.3, 0.4) is 0 Å². The fraction of sp³-hybridized carbons (Fsp3) is 0.429. The molecular weight excluding hydrogens is 236 g/mol. The van der Waals surface area contributed by atoms with Gasteiger partial charge in [-0.05, 0) is 49.3 Å². The standard InChI is InChI=1S/C14H19ClS/c1-5-14(16-4)8-11-6-12(10(2)3)9-13(15)7-11/h6-7,9,14H,2,5,8H2,1,3-4H3. The molecule has 1 aromatic rings. The zero-order valence-corrected chi connectivity index (χ0v) is 11.8. The van der Waals surface area contributed by atoms with Gasteiger partial charge in [0.05, 0.1) is 0 Å². The Morgan fingerprint density at radius 3 is 2.62 bits per heavy atom. The summed E-state index contributed by atoms with van der Waals surface area (Å²) in [5.41, 5.74) is 3.53. The largest absolute Gasteiger partial charge is 0.162 e. The summed E-state index contributed by atoms with van der Waals surface area (Å²) in [7, 11) is 0. The maximum absolute atomic E-state index is 6.12. The van der Waals surface area contributed by atoms with E-state index in [1.807, 2.05) is 24.8 Å². The van der Waals surface area contributed by atoms with Crippen LogP contribution in [0.4, 0.5) is 0 Å². The van der Waals surface area contributed by atoms with Crippen molar-refractivity contribution in [2.45, 2.75) is 31.9 Å². The van der Waals surface area contributed by atoms with E-state index in [1.165, 1.54) is 12.0 Å². The van der Waals surface area contributed by atoms with Crippen molar-refractivity contribution in [1.29, 1.82) is 0 Å². The molecule has 0 aromatic heterocycles. The highest BCUT2D eigenvalue weighted by molar-refractivity contribution is 7.99. The number of rotatable bonds is 5. The van der Waals surface area contributed by atoms with Gasteiger partial charge in [0.15, 0.2) is 0 Å². The molecule has 0 aliphatic carbocycles. The third-order valence-corrected chi connectivity index (χ3v) is 4.09.